The standard InChI is InChI=1S/C15H16ClFN2O/c1-2-12(18)6-10-4-3-5-14(17)15(10)20-13-7-11(16)8-19-9-13/h3-5,7-9,12H,2,6,18H2,1H3. The molecular formula is C15H16ClFN2O. The molecule has 106 valence electrons. The van der Waals surface area contributed by atoms with E-state index < -0.39 is 5.82 Å². The predicted octanol–water partition coefficient (Wildman–Crippen LogP) is 3.95. The van der Waals surface area contributed by atoms with E-state index in [1.807, 2.05) is 13.0 Å². The molecule has 0 aliphatic rings. The fourth-order valence-corrected chi connectivity index (χ4v) is 1.99. The minimum Gasteiger partial charge on any atom is -0.452 e. The molecule has 0 aliphatic heterocycles. The fraction of sp³-hybridized carbons (Fsp3) is 0.267. The summed E-state index contributed by atoms with van der Waals surface area (Å²) in [5.41, 5.74) is 6.67. The number of benzene rings is 1. The molecule has 0 fully saturated rings. The van der Waals surface area contributed by atoms with Crippen LogP contribution in [0.1, 0.15) is 18.9 Å². The van der Waals surface area contributed by atoms with Crippen LogP contribution in [0.25, 0.3) is 0 Å². The number of para-hydroxylation sites is 1. The molecule has 2 aromatic rings. The van der Waals surface area contributed by atoms with Crippen LogP contribution < -0.4 is 10.5 Å². The van der Waals surface area contributed by atoms with Crippen molar-refractivity contribution >= 4 is 11.6 Å². The number of halogens is 2. The molecule has 1 atom stereocenters. The van der Waals surface area contributed by atoms with Crippen LogP contribution >= 0.6 is 11.6 Å². The maximum absolute atomic E-state index is 14.0. The second kappa shape index (κ2) is 6.68. The van der Waals surface area contributed by atoms with Gasteiger partial charge in [-0.1, -0.05) is 30.7 Å². The summed E-state index contributed by atoms with van der Waals surface area (Å²) >= 11 is 5.84. The van der Waals surface area contributed by atoms with Gasteiger partial charge in [0.05, 0.1) is 11.2 Å². The van der Waals surface area contributed by atoms with Crippen LogP contribution in [0, 0.1) is 5.82 Å². The topological polar surface area (TPSA) is 48.1 Å². The lowest BCUT2D eigenvalue weighted by Gasteiger charge is -2.14. The lowest BCUT2D eigenvalue weighted by atomic mass is 10.0. The summed E-state index contributed by atoms with van der Waals surface area (Å²) in [7, 11) is 0. The number of hydrogen-bond donors (Lipinski definition) is 1. The summed E-state index contributed by atoms with van der Waals surface area (Å²) < 4.78 is 19.6. The van der Waals surface area contributed by atoms with E-state index in [1.165, 1.54) is 18.5 Å². The van der Waals surface area contributed by atoms with Crippen molar-refractivity contribution in [1.82, 2.24) is 4.98 Å². The number of hydrogen-bond acceptors (Lipinski definition) is 3. The molecule has 1 heterocycles. The third-order valence-electron chi connectivity index (χ3n) is 2.95. The summed E-state index contributed by atoms with van der Waals surface area (Å²) in [6, 6.07) is 6.37. The van der Waals surface area contributed by atoms with Gasteiger partial charge in [0.25, 0.3) is 0 Å². The molecule has 0 aliphatic carbocycles. The molecular weight excluding hydrogens is 279 g/mol. The van der Waals surface area contributed by atoms with Gasteiger partial charge in [-0.25, -0.2) is 4.39 Å². The lowest BCUT2D eigenvalue weighted by Crippen LogP contribution is -2.21. The summed E-state index contributed by atoms with van der Waals surface area (Å²) in [6.45, 7) is 1.99. The van der Waals surface area contributed by atoms with E-state index in [-0.39, 0.29) is 11.8 Å². The molecule has 1 aromatic heterocycles. The van der Waals surface area contributed by atoms with Crippen LogP contribution in [0.5, 0.6) is 11.5 Å². The van der Waals surface area contributed by atoms with Crippen molar-refractivity contribution in [3.8, 4) is 11.5 Å². The van der Waals surface area contributed by atoms with Crippen LogP contribution in [-0.4, -0.2) is 11.0 Å². The maximum Gasteiger partial charge on any atom is 0.166 e. The highest BCUT2D eigenvalue weighted by molar-refractivity contribution is 6.30. The third-order valence-corrected chi connectivity index (χ3v) is 3.16. The first-order valence-corrected chi connectivity index (χ1v) is 6.79. The lowest BCUT2D eigenvalue weighted by molar-refractivity contribution is 0.431. The molecule has 0 radical (unpaired) electrons. The summed E-state index contributed by atoms with van der Waals surface area (Å²) in [4.78, 5) is 3.91. The number of rotatable bonds is 5. The average Bonchev–Trinajstić information content (AvgIpc) is 2.42. The Hall–Kier alpha value is -1.65. The molecule has 5 heteroatoms. The van der Waals surface area contributed by atoms with Gasteiger partial charge in [-0.3, -0.25) is 4.98 Å². The average molecular weight is 295 g/mol. The Balaban J connectivity index is 2.30. The molecule has 0 amide bonds. The van der Waals surface area contributed by atoms with Gasteiger partial charge >= 0.3 is 0 Å². The molecule has 1 aromatic carbocycles. The number of aromatic nitrogens is 1. The Bertz CT molecular complexity index is 592. The van der Waals surface area contributed by atoms with E-state index in [1.54, 1.807) is 12.1 Å². The van der Waals surface area contributed by atoms with Crippen LogP contribution in [0.4, 0.5) is 4.39 Å². The molecule has 20 heavy (non-hydrogen) atoms. The van der Waals surface area contributed by atoms with Gasteiger partial charge < -0.3 is 10.5 Å². The van der Waals surface area contributed by atoms with Crippen molar-refractivity contribution in [2.45, 2.75) is 25.8 Å². The SMILES string of the molecule is CCC(N)Cc1cccc(F)c1Oc1cncc(Cl)c1. The second-order valence-corrected chi connectivity index (χ2v) is 4.98. The smallest absolute Gasteiger partial charge is 0.166 e. The second-order valence-electron chi connectivity index (χ2n) is 4.54. The van der Waals surface area contributed by atoms with Crippen LogP contribution in [0.2, 0.25) is 5.02 Å². The van der Waals surface area contributed by atoms with E-state index in [4.69, 9.17) is 22.1 Å². The Morgan fingerprint density at radius 3 is 2.90 bits per heavy atom. The van der Waals surface area contributed by atoms with E-state index in [2.05, 4.69) is 4.98 Å². The van der Waals surface area contributed by atoms with Crippen LogP contribution in [-0.2, 0) is 6.42 Å². The van der Waals surface area contributed by atoms with E-state index >= 15 is 0 Å². The van der Waals surface area contributed by atoms with Crippen molar-refractivity contribution in [2.24, 2.45) is 5.73 Å². The minimum atomic E-state index is -0.425. The number of nitrogens with zero attached hydrogens (tertiary/aromatic N) is 1. The molecule has 0 bridgehead atoms. The Morgan fingerprint density at radius 1 is 1.40 bits per heavy atom. The highest BCUT2D eigenvalue weighted by Gasteiger charge is 2.13. The number of pyridine rings is 1. The van der Waals surface area contributed by atoms with Gasteiger partial charge in [0, 0.05) is 18.3 Å². The van der Waals surface area contributed by atoms with Gasteiger partial charge in [0.2, 0.25) is 0 Å². The first kappa shape index (κ1) is 14.8. The minimum absolute atomic E-state index is 0.0309. The first-order valence-electron chi connectivity index (χ1n) is 6.41. The van der Waals surface area contributed by atoms with Gasteiger partial charge in [-0.05, 0) is 24.5 Å². The fourth-order valence-electron chi connectivity index (χ4n) is 1.82. The maximum atomic E-state index is 14.0. The van der Waals surface area contributed by atoms with Crippen molar-refractivity contribution in [2.75, 3.05) is 0 Å². The zero-order chi connectivity index (χ0) is 14.5. The Morgan fingerprint density at radius 2 is 2.20 bits per heavy atom. The Kier molecular flexibility index (Phi) is 4.93. The van der Waals surface area contributed by atoms with Crippen LogP contribution in [0.15, 0.2) is 36.7 Å². The quantitative estimate of drug-likeness (QED) is 0.908. The van der Waals surface area contributed by atoms with Gasteiger partial charge in [0.1, 0.15) is 5.75 Å². The predicted molar refractivity (Wildman–Crippen MR) is 77.7 cm³/mol. The third kappa shape index (κ3) is 3.68. The van der Waals surface area contributed by atoms with Crippen molar-refractivity contribution in [3.63, 3.8) is 0 Å². The summed E-state index contributed by atoms with van der Waals surface area (Å²) in [5.74, 6) is 0.153. The molecule has 0 saturated carbocycles. The molecule has 0 saturated heterocycles. The van der Waals surface area contributed by atoms with Gasteiger partial charge in [-0.15, -0.1) is 0 Å². The zero-order valence-corrected chi connectivity index (χ0v) is 11.9. The zero-order valence-electron chi connectivity index (χ0n) is 11.1. The van der Waals surface area contributed by atoms with Crippen LogP contribution in [0.3, 0.4) is 0 Å². The highest BCUT2D eigenvalue weighted by atomic mass is 35.5. The van der Waals surface area contributed by atoms with Gasteiger partial charge in [-0.2, -0.15) is 0 Å². The highest BCUT2D eigenvalue weighted by Crippen LogP contribution is 2.30. The molecule has 3 nitrogen and oxygen atoms in total. The molecule has 0 spiro atoms. The first-order chi connectivity index (χ1) is 9.60. The van der Waals surface area contributed by atoms with Crippen molar-refractivity contribution < 1.29 is 9.13 Å². The molecule has 2 N–H and O–H groups in total. The number of ether oxygens (including phenoxy) is 1. The Labute approximate surface area is 122 Å². The van der Waals surface area contributed by atoms with E-state index in [0.717, 1.165) is 12.0 Å². The molecule has 1 unspecified atom stereocenters. The normalized spacial score (nSPS) is 12.2. The summed E-state index contributed by atoms with van der Waals surface area (Å²) in [5, 5.41) is 0.436. The largest absolute Gasteiger partial charge is 0.452 e. The van der Waals surface area contributed by atoms with E-state index in [9.17, 15) is 4.39 Å². The summed E-state index contributed by atoms with van der Waals surface area (Å²) in [6.07, 6.45) is 4.35. The monoisotopic (exact) mass is 294 g/mol. The number of nitrogens with two attached hydrogens (primary N) is 1. The van der Waals surface area contributed by atoms with Gasteiger partial charge in [0.15, 0.2) is 11.6 Å². The van der Waals surface area contributed by atoms with Crippen molar-refractivity contribution in [3.05, 3.63) is 53.1 Å². The van der Waals surface area contributed by atoms with Crippen molar-refractivity contribution in [1.29, 1.82) is 0 Å². The molecule has 2 rings (SSSR count). The van der Waals surface area contributed by atoms with E-state index in [0.29, 0.717) is 17.2 Å².